The second-order valence-electron chi connectivity index (χ2n) is 5.64. The summed E-state index contributed by atoms with van der Waals surface area (Å²) in [5.41, 5.74) is 1.07. The molecule has 1 aliphatic rings. The summed E-state index contributed by atoms with van der Waals surface area (Å²) in [4.78, 5) is 0. The predicted molar refractivity (Wildman–Crippen MR) is 79.2 cm³/mol. The summed E-state index contributed by atoms with van der Waals surface area (Å²) in [6, 6.07) is 5.86. The Labute approximate surface area is 120 Å². The average Bonchev–Trinajstić information content (AvgIpc) is 2.41. The maximum atomic E-state index is 13.4. The molecule has 2 unspecified atom stereocenters. The van der Waals surface area contributed by atoms with E-state index in [4.69, 9.17) is 11.6 Å². The first-order chi connectivity index (χ1) is 9.19. The van der Waals surface area contributed by atoms with Crippen LogP contribution in [0.15, 0.2) is 18.2 Å². The van der Waals surface area contributed by atoms with Crippen molar-refractivity contribution in [1.29, 1.82) is 0 Å². The van der Waals surface area contributed by atoms with Crippen molar-refractivity contribution >= 4 is 11.6 Å². The van der Waals surface area contributed by atoms with Crippen LogP contribution in [0.3, 0.4) is 0 Å². The van der Waals surface area contributed by atoms with Gasteiger partial charge in [-0.3, -0.25) is 0 Å². The van der Waals surface area contributed by atoms with Crippen LogP contribution in [-0.4, -0.2) is 12.6 Å². The molecule has 1 saturated carbocycles. The Morgan fingerprint density at radius 1 is 1.37 bits per heavy atom. The van der Waals surface area contributed by atoms with E-state index in [1.54, 1.807) is 12.1 Å². The van der Waals surface area contributed by atoms with Gasteiger partial charge in [0, 0.05) is 6.04 Å². The van der Waals surface area contributed by atoms with Gasteiger partial charge in [-0.1, -0.05) is 37.4 Å². The molecule has 1 aliphatic carbocycles. The molecule has 0 bridgehead atoms. The van der Waals surface area contributed by atoms with E-state index in [1.807, 2.05) is 6.07 Å². The van der Waals surface area contributed by atoms with Crippen LogP contribution in [0.1, 0.15) is 44.6 Å². The van der Waals surface area contributed by atoms with E-state index in [1.165, 1.54) is 32.1 Å². The lowest BCUT2D eigenvalue weighted by Crippen LogP contribution is -2.35. The van der Waals surface area contributed by atoms with E-state index in [0.717, 1.165) is 18.5 Å². The van der Waals surface area contributed by atoms with Crippen LogP contribution in [0.25, 0.3) is 0 Å². The van der Waals surface area contributed by atoms with E-state index >= 15 is 0 Å². The van der Waals surface area contributed by atoms with Crippen molar-refractivity contribution in [1.82, 2.24) is 5.32 Å². The summed E-state index contributed by atoms with van der Waals surface area (Å²) in [5.74, 6) is 0.374. The van der Waals surface area contributed by atoms with Crippen LogP contribution < -0.4 is 5.32 Å². The maximum Gasteiger partial charge on any atom is 0.142 e. The van der Waals surface area contributed by atoms with Gasteiger partial charge in [0.15, 0.2) is 0 Å². The average molecular weight is 284 g/mol. The maximum absolute atomic E-state index is 13.4. The Bertz CT molecular complexity index is 408. The first-order valence-electron chi connectivity index (χ1n) is 7.36. The minimum atomic E-state index is -0.296. The fourth-order valence-electron chi connectivity index (χ4n) is 3.01. The zero-order valence-corrected chi connectivity index (χ0v) is 12.3. The molecule has 1 N–H and O–H groups in total. The fourth-order valence-corrected chi connectivity index (χ4v) is 3.13. The lowest BCUT2D eigenvalue weighted by Gasteiger charge is -2.30. The first-order valence-corrected chi connectivity index (χ1v) is 7.74. The molecule has 0 spiro atoms. The van der Waals surface area contributed by atoms with Gasteiger partial charge in [-0.2, -0.15) is 0 Å². The molecule has 1 fully saturated rings. The van der Waals surface area contributed by atoms with Gasteiger partial charge >= 0.3 is 0 Å². The fraction of sp³-hybridized carbons (Fsp3) is 0.625. The van der Waals surface area contributed by atoms with E-state index in [9.17, 15) is 4.39 Å². The molecule has 0 radical (unpaired) electrons. The lowest BCUT2D eigenvalue weighted by molar-refractivity contribution is 0.284. The largest absolute Gasteiger partial charge is 0.314 e. The Hall–Kier alpha value is -0.600. The molecule has 19 heavy (non-hydrogen) atoms. The van der Waals surface area contributed by atoms with E-state index < -0.39 is 0 Å². The minimum absolute atomic E-state index is 0.217. The number of benzene rings is 1. The van der Waals surface area contributed by atoms with Crippen molar-refractivity contribution in [3.63, 3.8) is 0 Å². The molecule has 2 rings (SSSR count). The third kappa shape index (κ3) is 4.47. The standard InChI is InChI=1S/C16H23ClFN/c1-2-8-19-14-5-3-4-12(10-14)9-13-6-7-15(17)16(18)11-13/h6-7,11-12,14,19H,2-5,8-10H2,1H3. The summed E-state index contributed by atoms with van der Waals surface area (Å²) in [5, 5.41) is 3.83. The summed E-state index contributed by atoms with van der Waals surface area (Å²) in [6.07, 6.45) is 7.19. The van der Waals surface area contributed by atoms with Crippen LogP contribution in [0, 0.1) is 11.7 Å². The van der Waals surface area contributed by atoms with Gasteiger partial charge in [0.1, 0.15) is 5.82 Å². The predicted octanol–water partition coefficient (Wildman–Crippen LogP) is 4.58. The van der Waals surface area contributed by atoms with Gasteiger partial charge in [0.2, 0.25) is 0 Å². The smallest absolute Gasteiger partial charge is 0.142 e. The van der Waals surface area contributed by atoms with Gasteiger partial charge in [-0.25, -0.2) is 4.39 Å². The molecule has 0 amide bonds. The molecular weight excluding hydrogens is 261 g/mol. The first kappa shape index (κ1) is 14.8. The normalized spacial score (nSPS) is 23.5. The Balaban J connectivity index is 1.89. The molecule has 0 aliphatic heterocycles. The van der Waals surface area contributed by atoms with Crippen molar-refractivity contribution in [2.45, 2.75) is 51.5 Å². The van der Waals surface area contributed by atoms with Crippen LogP contribution >= 0.6 is 11.6 Å². The number of halogens is 2. The van der Waals surface area contributed by atoms with Crippen molar-refractivity contribution < 1.29 is 4.39 Å². The Morgan fingerprint density at radius 2 is 2.21 bits per heavy atom. The molecule has 1 aromatic carbocycles. The highest BCUT2D eigenvalue weighted by Gasteiger charge is 2.21. The second kappa shape index (κ2) is 7.25. The third-order valence-electron chi connectivity index (χ3n) is 3.97. The molecule has 3 heteroatoms. The molecule has 0 aromatic heterocycles. The summed E-state index contributed by atoms with van der Waals surface area (Å²) >= 11 is 5.72. The van der Waals surface area contributed by atoms with Crippen LogP contribution in [0.2, 0.25) is 5.02 Å². The zero-order valence-electron chi connectivity index (χ0n) is 11.6. The van der Waals surface area contributed by atoms with E-state index in [2.05, 4.69) is 12.2 Å². The topological polar surface area (TPSA) is 12.0 Å². The van der Waals surface area contributed by atoms with E-state index in [0.29, 0.717) is 12.0 Å². The highest BCUT2D eigenvalue weighted by molar-refractivity contribution is 6.30. The molecule has 1 nitrogen and oxygen atoms in total. The number of nitrogens with one attached hydrogen (secondary N) is 1. The van der Waals surface area contributed by atoms with Crippen molar-refractivity contribution in [2.75, 3.05) is 6.54 Å². The van der Waals surface area contributed by atoms with Gasteiger partial charge in [0.05, 0.1) is 5.02 Å². The number of hydrogen-bond acceptors (Lipinski definition) is 1. The number of rotatable bonds is 5. The molecule has 0 heterocycles. The molecule has 1 aromatic rings. The Kier molecular flexibility index (Phi) is 5.65. The summed E-state index contributed by atoms with van der Waals surface area (Å²) in [7, 11) is 0. The van der Waals surface area contributed by atoms with Gasteiger partial charge in [0.25, 0.3) is 0 Å². The number of hydrogen-bond donors (Lipinski definition) is 1. The van der Waals surface area contributed by atoms with Crippen LogP contribution in [-0.2, 0) is 6.42 Å². The quantitative estimate of drug-likeness (QED) is 0.834. The van der Waals surface area contributed by atoms with E-state index in [-0.39, 0.29) is 10.8 Å². The highest BCUT2D eigenvalue weighted by atomic mass is 35.5. The third-order valence-corrected chi connectivity index (χ3v) is 4.28. The Morgan fingerprint density at radius 3 is 2.95 bits per heavy atom. The monoisotopic (exact) mass is 283 g/mol. The van der Waals surface area contributed by atoms with Crippen LogP contribution in [0.4, 0.5) is 4.39 Å². The van der Waals surface area contributed by atoms with Crippen molar-refractivity contribution in [3.05, 3.63) is 34.6 Å². The lowest BCUT2D eigenvalue weighted by atomic mass is 9.82. The summed E-state index contributed by atoms with van der Waals surface area (Å²) in [6.45, 7) is 3.30. The van der Waals surface area contributed by atoms with Crippen molar-refractivity contribution in [2.24, 2.45) is 5.92 Å². The molecule has 0 saturated heterocycles. The molecule has 106 valence electrons. The highest BCUT2D eigenvalue weighted by Crippen LogP contribution is 2.28. The van der Waals surface area contributed by atoms with Gasteiger partial charge < -0.3 is 5.32 Å². The van der Waals surface area contributed by atoms with Gasteiger partial charge in [-0.05, 0) is 55.8 Å². The molecule has 2 atom stereocenters. The molecular formula is C16H23ClFN. The zero-order chi connectivity index (χ0) is 13.7. The van der Waals surface area contributed by atoms with Gasteiger partial charge in [-0.15, -0.1) is 0 Å². The van der Waals surface area contributed by atoms with Crippen LogP contribution in [0.5, 0.6) is 0 Å². The van der Waals surface area contributed by atoms with Crippen molar-refractivity contribution in [3.8, 4) is 0 Å². The SMILES string of the molecule is CCCNC1CCCC(Cc2ccc(Cl)c(F)c2)C1. The summed E-state index contributed by atoms with van der Waals surface area (Å²) < 4.78 is 13.4. The minimum Gasteiger partial charge on any atom is -0.314 e. The second-order valence-corrected chi connectivity index (χ2v) is 6.04.